The molecule has 2 aliphatic rings. The number of carbonyl (C=O) groups excluding carboxylic acids is 2. The minimum Gasteiger partial charge on any atom is -0.444 e. The van der Waals surface area contributed by atoms with Crippen molar-refractivity contribution in [3.63, 3.8) is 0 Å². The summed E-state index contributed by atoms with van der Waals surface area (Å²) in [6.45, 7) is 2.31. The third-order valence-corrected chi connectivity index (χ3v) is 5.55. The fourth-order valence-corrected chi connectivity index (χ4v) is 4.16. The number of rotatable bonds is 3. The van der Waals surface area contributed by atoms with Crippen molar-refractivity contribution in [3.05, 3.63) is 65.2 Å². The van der Waals surface area contributed by atoms with Gasteiger partial charge in [0.25, 0.3) is 0 Å². The van der Waals surface area contributed by atoms with Crippen LogP contribution < -0.4 is 4.90 Å². The Kier molecular flexibility index (Phi) is 4.49. The first-order valence-electron chi connectivity index (χ1n) is 9.36. The Bertz CT molecular complexity index is 831. The molecule has 2 unspecified atom stereocenters. The molecule has 134 valence electrons. The average Bonchev–Trinajstić information content (AvgIpc) is 3.16. The van der Waals surface area contributed by atoms with Crippen LogP contribution >= 0.6 is 0 Å². The molecule has 0 radical (unpaired) electrons. The third kappa shape index (κ3) is 2.90. The van der Waals surface area contributed by atoms with Crippen molar-refractivity contribution in [2.75, 3.05) is 4.90 Å². The fraction of sp³-hybridized carbons (Fsp3) is 0.364. The predicted octanol–water partition coefficient (Wildman–Crippen LogP) is 4.76. The summed E-state index contributed by atoms with van der Waals surface area (Å²) in [5.41, 5.74) is 3.45. The molecule has 26 heavy (non-hydrogen) atoms. The van der Waals surface area contributed by atoms with Gasteiger partial charge in [0, 0.05) is 11.5 Å². The molecule has 2 aromatic rings. The lowest BCUT2D eigenvalue weighted by atomic mass is 9.86. The van der Waals surface area contributed by atoms with Crippen LogP contribution in [0.15, 0.2) is 48.5 Å². The standard InChI is InChI=1S/C22H23NO3/c1-2-15-11-12-18-20(13-15)23(19-10-6-9-17(19)21(18)24)22(25)26-14-16-7-4-3-5-8-16/h3-5,7-8,11-13,17,19H,2,6,9-10,14H2,1H3. The van der Waals surface area contributed by atoms with Gasteiger partial charge in [-0.3, -0.25) is 9.69 Å². The molecule has 1 amide bonds. The van der Waals surface area contributed by atoms with Crippen LogP contribution in [0.4, 0.5) is 10.5 Å². The van der Waals surface area contributed by atoms with Crippen LogP contribution in [0.25, 0.3) is 0 Å². The van der Waals surface area contributed by atoms with Gasteiger partial charge in [-0.15, -0.1) is 0 Å². The summed E-state index contributed by atoms with van der Waals surface area (Å²) >= 11 is 0. The van der Waals surface area contributed by atoms with Crippen LogP contribution in [-0.4, -0.2) is 17.9 Å². The van der Waals surface area contributed by atoms with Crippen LogP contribution in [0.2, 0.25) is 0 Å². The van der Waals surface area contributed by atoms with E-state index in [1.807, 2.05) is 48.5 Å². The quantitative estimate of drug-likeness (QED) is 0.803. The highest BCUT2D eigenvalue weighted by molar-refractivity contribution is 6.09. The first-order valence-corrected chi connectivity index (χ1v) is 9.36. The molecule has 2 atom stereocenters. The molecule has 0 spiro atoms. The molecule has 1 aliphatic carbocycles. The summed E-state index contributed by atoms with van der Waals surface area (Å²) in [5.74, 6) is 0.0801. The van der Waals surface area contributed by atoms with E-state index in [-0.39, 0.29) is 30.4 Å². The molecular weight excluding hydrogens is 326 g/mol. The van der Waals surface area contributed by atoms with E-state index >= 15 is 0 Å². The third-order valence-electron chi connectivity index (χ3n) is 5.55. The van der Waals surface area contributed by atoms with Crippen molar-refractivity contribution >= 4 is 17.6 Å². The Balaban J connectivity index is 1.65. The summed E-state index contributed by atoms with van der Waals surface area (Å²) in [6.07, 6.45) is 3.18. The second-order valence-corrected chi connectivity index (χ2v) is 7.08. The molecule has 4 nitrogen and oxygen atoms in total. The SMILES string of the molecule is CCc1ccc2c(c1)N(C(=O)OCc1ccccc1)C1CCCC1C2=O. The minimum atomic E-state index is -0.354. The van der Waals surface area contributed by atoms with Crippen LogP contribution in [0.1, 0.15) is 47.7 Å². The van der Waals surface area contributed by atoms with Gasteiger partial charge in [0.1, 0.15) is 6.61 Å². The van der Waals surface area contributed by atoms with E-state index < -0.39 is 0 Å². The first kappa shape index (κ1) is 16.8. The van der Waals surface area contributed by atoms with Crippen LogP contribution in [0, 0.1) is 5.92 Å². The number of carbonyl (C=O) groups is 2. The molecule has 2 aromatic carbocycles. The van der Waals surface area contributed by atoms with E-state index in [0.717, 1.165) is 42.5 Å². The van der Waals surface area contributed by atoms with Gasteiger partial charge in [0.05, 0.1) is 11.7 Å². The van der Waals surface area contributed by atoms with Crippen molar-refractivity contribution in [2.45, 2.75) is 45.3 Å². The number of hydrogen-bond donors (Lipinski definition) is 0. The van der Waals surface area contributed by atoms with Gasteiger partial charge in [-0.1, -0.05) is 49.7 Å². The van der Waals surface area contributed by atoms with E-state index in [2.05, 4.69) is 6.92 Å². The second-order valence-electron chi connectivity index (χ2n) is 7.08. The maximum absolute atomic E-state index is 13.0. The second kappa shape index (κ2) is 6.94. The van der Waals surface area contributed by atoms with Crippen LogP contribution in [0.5, 0.6) is 0 Å². The van der Waals surface area contributed by atoms with Crippen LogP contribution in [0.3, 0.4) is 0 Å². The van der Waals surface area contributed by atoms with Gasteiger partial charge < -0.3 is 4.74 Å². The fourth-order valence-electron chi connectivity index (χ4n) is 4.16. The largest absolute Gasteiger partial charge is 0.444 e. The molecular formula is C22H23NO3. The number of fused-ring (bicyclic) bond motifs is 2. The summed E-state index contributed by atoms with van der Waals surface area (Å²) in [7, 11) is 0. The number of aryl methyl sites for hydroxylation is 1. The first-order chi connectivity index (χ1) is 12.7. The lowest BCUT2D eigenvalue weighted by Crippen LogP contribution is -2.49. The van der Waals surface area contributed by atoms with Gasteiger partial charge in [-0.05, 0) is 42.5 Å². The Hall–Kier alpha value is -2.62. The number of ketones is 1. The Morgan fingerprint density at radius 1 is 1.12 bits per heavy atom. The molecule has 1 fully saturated rings. The van der Waals surface area contributed by atoms with E-state index in [9.17, 15) is 9.59 Å². The lowest BCUT2D eigenvalue weighted by molar-refractivity contribution is 0.0895. The number of amides is 1. The average molecular weight is 349 g/mol. The maximum Gasteiger partial charge on any atom is 0.414 e. The van der Waals surface area contributed by atoms with Gasteiger partial charge in [-0.25, -0.2) is 4.79 Å². The maximum atomic E-state index is 13.0. The van der Waals surface area contributed by atoms with E-state index in [4.69, 9.17) is 4.74 Å². The molecule has 4 heteroatoms. The zero-order chi connectivity index (χ0) is 18.1. The van der Waals surface area contributed by atoms with Crippen molar-refractivity contribution < 1.29 is 14.3 Å². The summed E-state index contributed by atoms with van der Waals surface area (Å²) in [5, 5.41) is 0. The smallest absolute Gasteiger partial charge is 0.414 e. The highest BCUT2D eigenvalue weighted by Gasteiger charge is 2.46. The monoisotopic (exact) mass is 349 g/mol. The molecule has 1 heterocycles. The van der Waals surface area contributed by atoms with E-state index in [0.29, 0.717) is 5.56 Å². The summed E-state index contributed by atoms with van der Waals surface area (Å²) in [6, 6.07) is 15.4. The number of hydrogen-bond acceptors (Lipinski definition) is 3. The Morgan fingerprint density at radius 3 is 2.69 bits per heavy atom. The van der Waals surface area contributed by atoms with Crippen molar-refractivity contribution in [3.8, 4) is 0 Å². The molecule has 0 bridgehead atoms. The number of anilines is 1. The van der Waals surface area contributed by atoms with Gasteiger partial charge >= 0.3 is 6.09 Å². The zero-order valence-corrected chi connectivity index (χ0v) is 15.0. The zero-order valence-electron chi connectivity index (χ0n) is 15.0. The van der Waals surface area contributed by atoms with Gasteiger partial charge in [0.15, 0.2) is 5.78 Å². The Labute approximate surface area is 153 Å². The number of benzene rings is 2. The molecule has 1 aliphatic heterocycles. The molecule has 1 saturated carbocycles. The normalized spacial score (nSPS) is 21.3. The highest BCUT2D eigenvalue weighted by Crippen LogP contribution is 2.42. The van der Waals surface area contributed by atoms with Crippen molar-refractivity contribution in [2.24, 2.45) is 5.92 Å². The van der Waals surface area contributed by atoms with E-state index in [1.165, 1.54) is 0 Å². The molecule has 4 rings (SSSR count). The summed E-state index contributed by atoms with van der Waals surface area (Å²) < 4.78 is 5.62. The van der Waals surface area contributed by atoms with Gasteiger partial charge in [-0.2, -0.15) is 0 Å². The molecule has 0 aromatic heterocycles. The van der Waals surface area contributed by atoms with Crippen molar-refractivity contribution in [1.82, 2.24) is 0 Å². The molecule has 0 N–H and O–H groups in total. The van der Waals surface area contributed by atoms with Crippen LogP contribution in [-0.2, 0) is 17.8 Å². The van der Waals surface area contributed by atoms with E-state index in [1.54, 1.807) is 4.90 Å². The summed E-state index contributed by atoms with van der Waals surface area (Å²) in [4.78, 5) is 27.6. The molecule has 0 saturated heterocycles. The predicted molar refractivity (Wildman–Crippen MR) is 100 cm³/mol. The highest BCUT2D eigenvalue weighted by atomic mass is 16.6. The topological polar surface area (TPSA) is 46.6 Å². The number of ether oxygens (including phenoxy) is 1. The Morgan fingerprint density at radius 2 is 1.92 bits per heavy atom. The van der Waals surface area contributed by atoms with Crippen molar-refractivity contribution in [1.29, 1.82) is 0 Å². The van der Waals surface area contributed by atoms with Gasteiger partial charge in [0.2, 0.25) is 0 Å². The lowest BCUT2D eigenvalue weighted by Gasteiger charge is -2.37. The number of Topliss-reactive ketones (excluding diaryl/α,β-unsaturated/α-hetero) is 1. The minimum absolute atomic E-state index is 0.0784. The number of nitrogens with zero attached hydrogens (tertiary/aromatic N) is 1.